The highest BCUT2D eigenvalue weighted by Gasteiger charge is 2.11. The third-order valence-corrected chi connectivity index (χ3v) is 3.38. The Bertz CT molecular complexity index is 336. The lowest BCUT2D eigenvalue weighted by molar-refractivity contribution is -0.124. The Morgan fingerprint density at radius 2 is 2.25 bits per heavy atom. The zero-order valence-electron chi connectivity index (χ0n) is 10.2. The van der Waals surface area contributed by atoms with E-state index in [-0.39, 0.29) is 11.8 Å². The van der Waals surface area contributed by atoms with E-state index < -0.39 is 0 Å². The summed E-state index contributed by atoms with van der Waals surface area (Å²) in [6.07, 6.45) is 0. The summed E-state index contributed by atoms with van der Waals surface area (Å²) in [6.45, 7) is 8.35. The minimum atomic E-state index is 0.0287. The number of carbonyl (C=O) groups is 1. The number of hydrogen-bond donors (Lipinski definition) is 2. The first-order valence-corrected chi connectivity index (χ1v) is 6.49. The average Bonchev–Trinajstić information content (AvgIpc) is 2.68. The van der Waals surface area contributed by atoms with Crippen molar-refractivity contribution in [1.29, 1.82) is 0 Å². The first-order chi connectivity index (χ1) is 7.63. The number of nitrogens with one attached hydrogen (secondary N) is 2. The number of carbonyl (C=O) groups excluding carboxylic acids is 1. The number of thiophene rings is 1. The summed E-state index contributed by atoms with van der Waals surface area (Å²) < 4.78 is 0. The molecule has 0 bridgehead atoms. The quantitative estimate of drug-likeness (QED) is 0.797. The monoisotopic (exact) mass is 240 g/mol. The van der Waals surface area contributed by atoms with E-state index in [0.717, 1.165) is 13.1 Å². The van der Waals surface area contributed by atoms with Crippen LogP contribution in [0.25, 0.3) is 0 Å². The van der Waals surface area contributed by atoms with Crippen LogP contribution in [-0.2, 0) is 11.3 Å². The molecular weight excluding hydrogens is 220 g/mol. The molecule has 1 rings (SSSR count). The lowest BCUT2D eigenvalue weighted by Crippen LogP contribution is -2.34. The van der Waals surface area contributed by atoms with Crippen LogP contribution in [0, 0.1) is 12.8 Å². The minimum Gasteiger partial charge on any atom is -0.351 e. The first kappa shape index (κ1) is 13.2. The molecule has 0 aliphatic rings. The number of aryl methyl sites for hydroxylation is 1. The predicted molar refractivity (Wildman–Crippen MR) is 68.6 cm³/mol. The molecule has 0 fully saturated rings. The van der Waals surface area contributed by atoms with Crippen molar-refractivity contribution in [3.05, 3.63) is 21.9 Å². The van der Waals surface area contributed by atoms with Crippen LogP contribution in [0.4, 0.5) is 0 Å². The number of hydrogen-bond acceptors (Lipinski definition) is 3. The molecule has 1 aromatic heterocycles. The van der Waals surface area contributed by atoms with Gasteiger partial charge in [-0.15, -0.1) is 11.3 Å². The number of amides is 1. The molecule has 16 heavy (non-hydrogen) atoms. The van der Waals surface area contributed by atoms with Gasteiger partial charge >= 0.3 is 0 Å². The van der Waals surface area contributed by atoms with E-state index in [1.165, 1.54) is 9.75 Å². The van der Waals surface area contributed by atoms with Crippen LogP contribution in [0.5, 0.6) is 0 Å². The van der Waals surface area contributed by atoms with Gasteiger partial charge in [0.15, 0.2) is 0 Å². The molecule has 1 aromatic rings. The molecule has 90 valence electrons. The molecule has 0 radical (unpaired) electrons. The molecule has 1 atom stereocenters. The summed E-state index contributed by atoms with van der Waals surface area (Å²) in [5, 5.41) is 6.13. The Morgan fingerprint density at radius 3 is 2.81 bits per heavy atom. The highest BCUT2D eigenvalue weighted by Crippen LogP contribution is 2.14. The highest BCUT2D eigenvalue weighted by molar-refractivity contribution is 7.11. The van der Waals surface area contributed by atoms with Crippen LogP contribution in [0.3, 0.4) is 0 Å². The third-order valence-electron chi connectivity index (χ3n) is 2.38. The summed E-state index contributed by atoms with van der Waals surface area (Å²) in [5.41, 5.74) is 0. The summed E-state index contributed by atoms with van der Waals surface area (Å²) in [7, 11) is 0. The molecule has 0 spiro atoms. The van der Waals surface area contributed by atoms with Gasteiger partial charge in [-0.25, -0.2) is 0 Å². The van der Waals surface area contributed by atoms with E-state index in [1.54, 1.807) is 11.3 Å². The normalized spacial score (nSPS) is 12.4. The second-order valence-corrected chi connectivity index (χ2v) is 5.31. The van der Waals surface area contributed by atoms with E-state index in [1.807, 2.05) is 13.8 Å². The fraction of sp³-hybridized carbons (Fsp3) is 0.583. The van der Waals surface area contributed by atoms with Gasteiger partial charge in [-0.1, -0.05) is 13.8 Å². The zero-order valence-corrected chi connectivity index (χ0v) is 11.0. The van der Waals surface area contributed by atoms with Crippen molar-refractivity contribution in [2.45, 2.75) is 27.3 Å². The van der Waals surface area contributed by atoms with Crippen molar-refractivity contribution in [3.8, 4) is 0 Å². The van der Waals surface area contributed by atoms with E-state index in [9.17, 15) is 4.79 Å². The highest BCUT2D eigenvalue weighted by atomic mass is 32.1. The van der Waals surface area contributed by atoms with Gasteiger partial charge in [-0.2, -0.15) is 0 Å². The van der Waals surface area contributed by atoms with Crippen molar-refractivity contribution in [2.75, 3.05) is 13.1 Å². The lowest BCUT2D eigenvalue weighted by atomic mass is 10.1. The molecular formula is C12H20N2OS. The Morgan fingerprint density at radius 1 is 1.50 bits per heavy atom. The van der Waals surface area contributed by atoms with Crippen molar-refractivity contribution in [1.82, 2.24) is 10.6 Å². The molecule has 1 unspecified atom stereocenters. The van der Waals surface area contributed by atoms with E-state index in [4.69, 9.17) is 0 Å². The van der Waals surface area contributed by atoms with E-state index in [2.05, 4.69) is 29.7 Å². The number of rotatable bonds is 6. The van der Waals surface area contributed by atoms with Crippen molar-refractivity contribution in [3.63, 3.8) is 0 Å². The second-order valence-electron chi connectivity index (χ2n) is 3.94. The van der Waals surface area contributed by atoms with Crippen LogP contribution in [-0.4, -0.2) is 19.0 Å². The van der Waals surface area contributed by atoms with Crippen LogP contribution in [0.1, 0.15) is 23.6 Å². The summed E-state index contributed by atoms with van der Waals surface area (Å²) in [4.78, 5) is 14.2. The Labute approximate surface area is 101 Å². The van der Waals surface area contributed by atoms with Crippen molar-refractivity contribution < 1.29 is 4.79 Å². The minimum absolute atomic E-state index is 0.0287. The standard InChI is InChI=1S/C12H20N2OS/c1-4-13-7-9(2)12(15)14-8-11-6-5-10(3)16-11/h5-6,9,13H,4,7-8H2,1-3H3,(H,14,15). The van der Waals surface area contributed by atoms with Gasteiger partial charge in [0.2, 0.25) is 5.91 Å². The van der Waals surface area contributed by atoms with Gasteiger partial charge in [-0.3, -0.25) is 4.79 Å². The molecule has 1 heterocycles. The Hall–Kier alpha value is -0.870. The topological polar surface area (TPSA) is 41.1 Å². The van der Waals surface area contributed by atoms with Crippen LogP contribution >= 0.6 is 11.3 Å². The SMILES string of the molecule is CCNCC(C)C(=O)NCc1ccc(C)s1. The molecule has 3 nitrogen and oxygen atoms in total. The molecule has 0 aliphatic heterocycles. The van der Waals surface area contributed by atoms with E-state index in [0.29, 0.717) is 6.54 Å². The Balaban J connectivity index is 2.29. The molecule has 4 heteroatoms. The molecule has 0 aromatic carbocycles. The maximum Gasteiger partial charge on any atom is 0.224 e. The van der Waals surface area contributed by atoms with Gasteiger partial charge in [0, 0.05) is 22.2 Å². The van der Waals surface area contributed by atoms with Gasteiger partial charge in [0.1, 0.15) is 0 Å². The van der Waals surface area contributed by atoms with Crippen LogP contribution < -0.4 is 10.6 Å². The summed E-state index contributed by atoms with van der Waals surface area (Å²) in [6, 6.07) is 4.14. The second kappa shape index (κ2) is 6.66. The maximum atomic E-state index is 11.7. The molecule has 0 aliphatic carbocycles. The van der Waals surface area contributed by atoms with Crippen molar-refractivity contribution >= 4 is 17.2 Å². The summed E-state index contributed by atoms with van der Waals surface area (Å²) in [5.74, 6) is 0.146. The lowest BCUT2D eigenvalue weighted by Gasteiger charge is -2.11. The molecule has 0 saturated heterocycles. The van der Waals surface area contributed by atoms with Crippen molar-refractivity contribution in [2.24, 2.45) is 5.92 Å². The maximum absolute atomic E-state index is 11.7. The third kappa shape index (κ3) is 4.33. The molecule has 0 saturated carbocycles. The van der Waals surface area contributed by atoms with Crippen LogP contribution in [0.15, 0.2) is 12.1 Å². The van der Waals surface area contributed by atoms with Gasteiger partial charge < -0.3 is 10.6 Å². The van der Waals surface area contributed by atoms with E-state index >= 15 is 0 Å². The van der Waals surface area contributed by atoms with Crippen LogP contribution in [0.2, 0.25) is 0 Å². The molecule has 1 amide bonds. The summed E-state index contributed by atoms with van der Waals surface area (Å²) >= 11 is 1.73. The predicted octanol–water partition coefficient (Wildman–Crippen LogP) is 1.92. The zero-order chi connectivity index (χ0) is 12.0. The van der Waals surface area contributed by atoms with Gasteiger partial charge in [-0.05, 0) is 25.6 Å². The van der Waals surface area contributed by atoms with Gasteiger partial charge in [0.05, 0.1) is 6.54 Å². The fourth-order valence-electron chi connectivity index (χ4n) is 1.38. The molecule has 2 N–H and O–H groups in total. The first-order valence-electron chi connectivity index (χ1n) is 5.67. The van der Waals surface area contributed by atoms with Gasteiger partial charge in [0.25, 0.3) is 0 Å². The Kier molecular flexibility index (Phi) is 5.49. The fourth-order valence-corrected chi connectivity index (χ4v) is 2.21. The largest absolute Gasteiger partial charge is 0.351 e. The smallest absolute Gasteiger partial charge is 0.224 e. The average molecular weight is 240 g/mol.